The van der Waals surface area contributed by atoms with E-state index in [1.54, 1.807) is 13.0 Å². The molecule has 0 fully saturated rings. The number of aromatic nitrogens is 2. The number of halogens is 1. The molecule has 1 rings (SSSR count). The van der Waals surface area contributed by atoms with Gasteiger partial charge in [0, 0.05) is 6.20 Å². The van der Waals surface area contributed by atoms with Gasteiger partial charge < -0.3 is 4.74 Å². The van der Waals surface area contributed by atoms with Crippen molar-refractivity contribution in [3.05, 3.63) is 18.0 Å². The van der Waals surface area contributed by atoms with E-state index in [0.717, 1.165) is 4.68 Å². The van der Waals surface area contributed by atoms with Crippen LogP contribution in [0.25, 0.3) is 0 Å². The molecule has 0 saturated carbocycles. The third-order valence-electron chi connectivity index (χ3n) is 1.30. The molecule has 0 atom stereocenters. The quantitative estimate of drug-likeness (QED) is 0.663. The van der Waals surface area contributed by atoms with Gasteiger partial charge in [-0.05, 0) is 13.0 Å². The van der Waals surface area contributed by atoms with Crippen molar-refractivity contribution in [2.24, 2.45) is 0 Å². The van der Waals surface area contributed by atoms with Crippen molar-refractivity contribution in [2.75, 3.05) is 6.61 Å². The second kappa shape index (κ2) is 4.11. The van der Waals surface area contributed by atoms with Gasteiger partial charge in [-0.2, -0.15) is 9.78 Å². The molecule has 1 aromatic heterocycles. The number of carbonyl (C=O) groups is 1. The summed E-state index contributed by atoms with van der Waals surface area (Å²) >= 11 is 5.55. The lowest BCUT2D eigenvalue weighted by molar-refractivity contribution is 0.149. The molecule has 66 valence electrons. The van der Waals surface area contributed by atoms with Gasteiger partial charge in [-0.1, -0.05) is 0 Å². The zero-order chi connectivity index (χ0) is 8.97. The topological polar surface area (TPSA) is 44.1 Å². The first-order chi connectivity index (χ1) is 5.79. The van der Waals surface area contributed by atoms with Crippen molar-refractivity contribution in [1.29, 1.82) is 0 Å². The van der Waals surface area contributed by atoms with E-state index in [9.17, 15) is 4.79 Å². The Hall–Kier alpha value is -1.03. The summed E-state index contributed by atoms with van der Waals surface area (Å²) in [5.74, 6) is 0.249. The Labute approximate surface area is 75.1 Å². The van der Waals surface area contributed by atoms with Crippen LogP contribution in [0.5, 0.6) is 0 Å². The zero-order valence-electron chi connectivity index (χ0n) is 6.66. The molecule has 0 aliphatic rings. The number of ether oxygens (including phenoxy) is 1. The number of alkyl halides is 1. The Kier molecular flexibility index (Phi) is 3.10. The Morgan fingerprint density at radius 2 is 2.58 bits per heavy atom. The van der Waals surface area contributed by atoms with E-state index in [-0.39, 0.29) is 5.88 Å². The van der Waals surface area contributed by atoms with Crippen molar-refractivity contribution in [3.63, 3.8) is 0 Å². The van der Waals surface area contributed by atoms with Gasteiger partial charge in [0.25, 0.3) is 0 Å². The Bertz CT molecular complexity index is 272. The van der Waals surface area contributed by atoms with Gasteiger partial charge in [0.1, 0.15) is 0 Å². The van der Waals surface area contributed by atoms with Crippen LogP contribution in [-0.4, -0.2) is 22.5 Å². The minimum atomic E-state index is -0.488. The number of rotatable bonds is 2. The molecule has 12 heavy (non-hydrogen) atoms. The first kappa shape index (κ1) is 9.06. The summed E-state index contributed by atoms with van der Waals surface area (Å²) in [4.78, 5) is 11.1. The highest BCUT2D eigenvalue weighted by Gasteiger charge is 2.09. The second-order valence-corrected chi connectivity index (χ2v) is 2.33. The molecular weight excluding hydrogens is 180 g/mol. The van der Waals surface area contributed by atoms with Gasteiger partial charge in [-0.15, -0.1) is 11.6 Å². The molecule has 5 heteroatoms. The fraction of sp³-hybridized carbons (Fsp3) is 0.429. The number of hydrogen-bond acceptors (Lipinski definition) is 3. The maximum Gasteiger partial charge on any atom is 0.434 e. The van der Waals surface area contributed by atoms with Gasteiger partial charge in [-0.3, -0.25) is 0 Å². The van der Waals surface area contributed by atoms with Crippen molar-refractivity contribution in [2.45, 2.75) is 12.8 Å². The van der Waals surface area contributed by atoms with Crippen LogP contribution in [0.15, 0.2) is 12.3 Å². The van der Waals surface area contributed by atoms with Crippen LogP contribution >= 0.6 is 11.6 Å². The molecule has 0 amide bonds. The van der Waals surface area contributed by atoms with E-state index in [0.29, 0.717) is 12.3 Å². The lowest BCUT2D eigenvalue weighted by Gasteiger charge is -2.02. The van der Waals surface area contributed by atoms with Crippen LogP contribution in [0, 0.1) is 0 Å². The van der Waals surface area contributed by atoms with Gasteiger partial charge in [0.15, 0.2) is 0 Å². The minimum Gasteiger partial charge on any atom is -0.448 e. The molecule has 1 heterocycles. The molecule has 0 spiro atoms. The number of carbonyl (C=O) groups excluding carboxylic acids is 1. The summed E-state index contributed by atoms with van der Waals surface area (Å²) in [5, 5.41) is 3.76. The van der Waals surface area contributed by atoms with Crippen molar-refractivity contribution < 1.29 is 9.53 Å². The SMILES string of the molecule is CCOC(=O)n1nccc1CCl. The first-order valence-corrected chi connectivity index (χ1v) is 4.09. The van der Waals surface area contributed by atoms with E-state index < -0.39 is 6.09 Å². The molecule has 0 saturated heterocycles. The van der Waals surface area contributed by atoms with Gasteiger partial charge in [-0.25, -0.2) is 4.79 Å². The van der Waals surface area contributed by atoms with Crippen molar-refractivity contribution in [1.82, 2.24) is 9.78 Å². The Balaban J connectivity index is 2.79. The van der Waals surface area contributed by atoms with Crippen LogP contribution in [0.2, 0.25) is 0 Å². The number of nitrogens with zero attached hydrogens (tertiary/aromatic N) is 2. The van der Waals surface area contributed by atoms with E-state index in [4.69, 9.17) is 16.3 Å². The third-order valence-corrected chi connectivity index (χ3v) is 1.57. The smallest absolute Gasteiger partial charge is 0.434 e. The van der Waals surface area contributed by atoms with E-state index in [1.807, 2.05) is 0 Å². The highest BCUT2D eigenvalue weighted by atomic mass is 35.5. The molecule has 0 unspecified atom stereocenters. The monoisotopic (exact) mass is 188 g/mol. The van der Waals surface area contributed by atoms with Gasteiger partial charge in [0.2, 0.25) is 0 Å². The molecule has 0 bridgehead atoms. The van der Waals surface area contributed by atoms with Gasteiger partial charge in [0.05, 0.1) is 18.2 Å². The summed E-state index contributed by atoms with van der Waals surface area (Å²) in [6.07, 6.45) is 1.02. The molecule has 0 aromatic carbocycles. The predicted octanol–water partition coefficient (Wildman–Crippen LogP) is 1.63. The summed E-state index contributed by atoms with van der Waals surface area (Å²) in [5.41, 5.74) is 0.634. The van der Waals surface area contributed by atoms with E-state index in [2.05, 4.69) is 5.10 Å². The van der Waals surface area contributed by atoms with Crippen molar-refractivity contribution >= 4 is 17.7 Å². The largest absolute Gasteiger partial charge is 0.448 e. The number of hydrogen-bond donors (Lipinski definition) is 0. The lowest BCUT2D eigenvalue weighted by Crippen LogP contribution is -2.16. The molecular formula is C7H9ClN2O2. The van der Waals surface area contributed by atoms with Gasteiger partial charge >= 0.3 is 6.09 Å². The van der Waals surface area contributed by atoms with Crippen LogP contribution in [0.1, 0.15) is 12.6 Å². The average molecular weight is 189 g/mol. The molecule has 4 nitrogen and oxygen atoms in total. The molecule has 0 N–H and O–H groups in total. The average Bonchev–Trinajstić information content (AvgIpc) is 2.51. The highest BCUT2D eigenvalue weighted by molar-refractivity contribution is 6.17. The van der Waals surface area contributed by atoms with E-state index >= 15 is 0 Å². The Morgan fingerprint density at radius 1 is 1.83 bits per heavy atom. The summed E-state index contributed by atoms with van der Waals surface area (Å²) in [6, 6.07) is 1.67. The fourth-order valence-electron chi connectivity index (χ4n) is 0.781. The lowest BCUT2D eigenvalue weighted by atomic mass is 10.5. The van der Waals surface area contributed by atoms with Crippen LogP contribution in [0.3, 0.4) is 0 Å². The highest BCUT2D eigenvalue weighted by Crippen LogP contribution is 2.03. The summed E-state index contributed by atoms with van der Waals surface area (Å²) in [6.45, 7) is 2.07. The van der Waals surface area contributed by atoms with Crippen LogP contribution in [-0.2, 0) is 10.6 Å². The maximum absolute atomic E-state index is 11.1. The molecule has 0 aliphatic carbocycles. The normalized spacial score (nSPS) is 9.83. The Morgan fingerprint density at radius 3 is 3.17 bits per heavy atom. The maximum atomic E-state index is 11.1. The van der Waals surface area contributed by atoms with Crippen LogP contribution < -0.4 is 0 Å². The standard InChI is InChI=1S/C7H9ClN2O2/c1-2-12-7(11)10-6(5-8)3-4-9-10/h3-4H,2,5H2,1H3. The molecule has 0 aliphatic heterocycles. The first-order valence-electron chi connectivity index (χ1n) is 3.55. The summed E-state index contributed by atoms with van der Waals surface area (Å²) < 4.78 is 5.88. The third kappa shape index (κ3) is 1.76. The fourth-order valence-corrected chi connectivity index (χ4v) is 0.983. The van der Waals surface area contributed by atoms with Crippen molar-refractivity contribution in [3.8, 4) is 0 Å². The summed E-state index contributed by atoms with van der Waals surface area (Å²) in [7, 11) is 0. The molecule has 0 radical (unpaired) electrons. The predicted molar refractivity (Wildman–Crippen MR) is 44.2 cm³/mol. The second-order valence-electron chi connectivity index (χ2n) is 2.07. The van der Waals surface area contributed by atoms with Crippen LogP contribution in [0.4, 0.5) is 4.79 Å². The minimum absolute atomic E-state index is 0.249. The van der Waals surface area contributed by atoms with E-state index in [1.165, 1.54) is 6.20 Å². The molecule has 1 aromatic rings. The zero-order valence-corrected chi connectivity index (χ0v) is 7.41.